The van der Waals surface area contributed by atoms with Crippen LogP contribution in [-0.4, -0.2) is 60.4 Å². The van der Waals surface area contributed by atoms with Crippen LogP contribution >= 0.6 is 11.6 Å². The summed E-state index contributed by atoms with van der Waals surface area (Å²) in [6, 6.07) is 23.1. The van der Waals surface area contributed by atoms with Gasteiger partial charge in [0.2, 0.25) is 5.91 Å². The summed E-state index contributed by atoms with van der Waals surface area (Å²) in [7, 11) is 0. The molecule has 1 saturated heterocycles. The Labute approximate surface area is 252 Å². The van der Waals surface area contributed by atoms with E-state index in [4.69, 9.17) is 16.3 Å². The van der Waals surface area contributed by atoms with Crippen LogP contribution in [0.3, 0.4) is 0 Å². The van der Waals surface area contributed by atoms with E-state index in [0.29, 0.717) is 48.0 Å². The Kier molecular flexibility index (Phi) is 8.97. The number of carbonyl (C=O) groups is 3. The van der Waals surface area contributed by atoms with Crippen LogP contribution in [-0.2, 0) is 20.9 Å². The number of carbonyl (C=O) groups excluding carboxylic acids is 3. The molecule has 8 heteroatoms. The summed E-state index contributed by atoms with van der Waals surface area (Å²) in [6.07, 6.45) is 0.170. The Balaban J connectivity index is 1.34. The minimum Gasteiger partial charge on any atom is -0.463 e. The summed E-state index contributed by atoms with van der Waals surface area (Å²) in [5.41, 5.74) is 5.46. The fraction of sp³-hybridized carbons (Fsp3) is 0.324. The molecular weight excluding hydrogens is 550 g/mol. The molecule has 1 unspecified atom stereocenters. The second kappa shape index (κ2) is 12.8. The minimum absolute atomic E-state index is 0.0420. The maximum Gasteiger partial charge on any atom is 0.336 e. The number of amides is 2. The van der Waals surface area contributed by atoms with Gasteiger partial charge in [-0.15, -0.1) is 0 Å². The summed E-state index contributed by atoms with van der Waals surface area (Å²) >= 11 is 6.38. The van der Waals surface area contributed by atoms with Gasteiger partial charge < -0.3 is 19.4 Å². The van der Waals surface area contributed by atoms with Crippen LogP contribution in [0.5, 0.6) is 0 Å². The molecule has 42 heavy (non-hydrogen) atoms. The number of allylic oxidation sites excluding steroid dienone is 1. The van der Waals surface area contributed by atoms with Crippen LogP contribution in [0.1, 0.15) is 53.2 Å². The van der Waals surface area contributed by atoms with Crippen molar-refractivity contribution < 1.29 is 19.1 Å². The molecular formula is C34H36ClN3O4. The third kappa shape index (κ3) is 6.21. The van der Waals surface area contributed by atoms with Gasteiger partial charge in [0.25, 0.3) is 5.91 Å². The number of para-hydroxylation sites is 1. The lowest BCUT2D eigenvalue weighted by Gasteiger charge is -2.36. The zero-order valence-corrected chi connectivity index (χ0v) is 25.1. The van der Waals surface area contributed by atoms with E-state index in [9.17, 15) is 14.4 Å². The van der Waals surface area contributed by atoms with Gasteiger partial charge in [0.05, 0.1) is 29.4 Å². The molecule has 0 aliphatic carbocycles. The van der Waals surface area contributed by atoms with Crippen molar-refractivity contribution in [3.8, 4) is 0 Å². The van der Waals surface area contributed by atoms with Crippen molar-refractivity contribution in [2.24, 2.45) is 0 Å². The van der Waals surface area contributed by atoms with E-state index < -0.39 is 5.97 Å². The van der Waals surface area contributed by atoms with E-state index in [2.05, 4.69) is 4.90 Å². The first-order chi connectivity index (χ1) is 20.3. The Morgan fingerprint density at radius 1 is 0.929 bits per heavy atom. The fourth-order valence-corrected chi connectivity index (χ4v) is 6.13. The van der Waals surface area contributed by atoms with E-state index in [0.717, 1.165) is 22.4 Å². The molecule has 0 saturated carbocycles. The largest absolute Gasteiger partial charge is 0.463 e. The van der Waals surface area contributed by atoms with Gasteiger partial charge >= 0.3 is 5.97 Å². The van der Waals surface area contributed by atoms with Crippen LogP contribution in [0.4, 0.5) is 5.69 Å². The van der Waals surface area contributed by atoms with Crippen LogP contribution in [0.2, 0.25) is 5.02 Å². The zero-order valence-electron chi connectivity index (χ0n) is 24.3. The summed E-state index contributed by atoms with van der Waals surface area (Å²) in [6.45, 7) is 8.65. The molecule has 218 valence electrons. The second-order valence-corrected chi connectivity index (χ2v) is 11.2. The Hall–Kier alpha value is -4.10. The molecule has 3 aromatic carbocycles. The number of nitrogens with zero attached hydrogens (tertiary/aromatic N) is 3. The number of benzene rings is 3. The van der Waals surface area contributed by atoms with Gasteiger partial charge in [-0.25, -0.2) is 4.79 Å². The Bertz CT molecular complexity index is 1530. The molecule has 3 aromatic rings. The van der Waals surface area contributed by atoms with Gasteiger partial charge in [-0.2, -0.15) is 0 Å². The average molecular weight is 586 g/mol. The topological polar surface area (TPSA) is 70.2 Å². The maximum absolute atomic E-state index is 13.5. The zero-order chi connectivity index (χ0) is 29.8. The molecule has 5 rings (SSSR count). The minimum atomic E-state index is -0.404. The van der Waals surface area contributed by atoms with Crippen molar-refractivity contribution in [2.45, 2.75) is 39.7 Å². The van der Waals surface area contributed by atoms with Gasteiger partial charge in [-0.1, -0.05) is 65.7 Å². The predicted molar refractivity (Wildman–Crippen MR) is 164 cm³/mol. The quantitative estimate of drug-likeness (QED) is 0.320. The highest BCUT2D eigenvalue weighted by Gasteiger charge is 2.37. The van der Waals surface area contributed by atoms with E-state index in [1.54, 1.807) is 18.7 Å². The maximum atomic E-state index is 13.5. The second-order valence-electron chi connectivity index (χ2n) is 10.8. The van der Waals surface area contributed by atoms with Crippen molar-refractivity contribution in [1.82, 2.24) is 9.80 Å². The molecule has 0 N–H and O–H groups in total. The van der Waals surface area contributed by atoms with Crippen molar-refractivity contribution in [1.29, 1.82) is 0 Å². The van der Waals surface area contributed by atoms with E-state index >= 15 is 0 Å². The van der Waals surface area contributed by atoms with Crippen molar-refractivity contribution >= 4 is 35.1 Å². The van der Waals surface area contributed by atoms with Gasteiger partial charge in [0.1, 0.15) is 0 Å². The third-order valence-electron chi connectivity index (χ3n) is 8.04. The normalized spacial score (nSPS) is 17.5. The molecule has 2 aliphatic rings. The Morgan fingerprint density at radius 2 is 1.67 bits per heavy atom. The number of esters is 1. The molecule has 2 heterocycles. The van der Waals surface area contributed by atoms with Gasteiger partial charge in [0, 0.05) is 49.8 Å². The van der Waals surface area contributed by atoms with Crippen molar-refractivity contribution in [3.05, 3.63) is 111 Å². The smallest absolute Gasteiger partial charge is 0.336 e. The van der Waals surface area contributed by atoms with Crippen molar-refractivity contribution in [3.63, 3.8) is 0 Å². The number of halogens is 1. The first-order valence-corrected chi connectivity index (χ1v) is 14.8. The number of anilines is 1. The summed E-state index contributed by atoms with van der Waals surface area (Å²) in [5, 5.41) is 0.706. The third-order valence-corrected chi connectivity index (χ3v) is 8.36. The summed E-state index contributed by atoms with van der Waals surface area (Å²) in [4.78, 5) is 45.8. The molecule has 0 bridgehead atoms. The molecule has 2 aliphatic heterocycles. The highest BCUT2D eigenvalue weighted by atomic mass is 35.5. The average Bonchev–Trinajstić information content (AvgIpc) is 2.99. The number of aryl methyl sites for hydroxylation is 1. The highest BCUT2D eigenvalue weighted by Crippen LogP contribution is 2.38. The van der Waals surface area contributed by atoms with E-state index in [1.165, 1.54) is 0 Å². The molecule has 0 aromatic heterocycles. The fourth-order valence-electron chi connectivity index (χ4n) is 5.87. The number of piperazine rings is 1. The summed E-state index contributed by atoms with van der Waals surface area (Å²) < 4.78 is 5.43. The predicted octanol–water partition coefficient (Wildman–Crippen LogP) is 5.96. The molecule has 1 atom stereocenters. The first-order valence-electron chi connectivity index (χ1n) is 14.4. The van der Waals surface area contributed by atoms with Gasteiger partial charge in [-0.05, 0) is 56.2 Å². The lowest BCUT2D eigenvalue weighted by Crippen LogP contribution is -2.48. The van der Waals surface area contributed by atoms with E-state index in [-0.39, 0.29) is 37.3 Å². The molecule has 2 amide bonds. The standard InChI is InChI=1S/C34H36ClN3O4/c1-4-42-34(41)32-24(3)38(31(39)21-28(32)26-11-7-9-23(2)19-26)22-25-10-8-12-27(20-25)33(40)37-17-15-36(16-18-37)30-14-6-5-13-29(30)35/h5-14,19-20,28H,4,15-18,21-22H2,1-3H3. The monoisotopic (exact) mass is 585 g/mol. The number of hydrogen-bond acceptors (Lipinski definition) is 5. The van der Waals surface area contributed by atoms with Crippen molar-refractivity contribution in [2.75, 3.05) is 37.7 Å². The highest BCUT2D eigenvalue weighted by molar-refractivity contribution is 6.33. The lowest BCUT2D eigenvalue weighted by molar-refractivity contribution is -0.140. The molecule has 1 fully saturated rings. The van der Waals surface area contributed by atoms with Gasteiger partial charge in [0.15, 0.2) is 0 Å². The first kappa shape index (κ1) is 29.4. The number of rotatable bonds is 7. The lowest BCUT2D eigenvalue weighted by atomic mass is 9.83. The number of ether oxygens (including phenoxy) is 1. The van der Waals surface area contributed by atoms with Gasteiger partial charge in [-0.3, -0.25) is 9.59 Å². The van der Waals surface area contributed by atoms with Crippen LogP contribution in [0.25, 0.3) is 0 Å². The SMILES string of the molecule is CCOC(=O)C1=C(C)N(Cc2cccc(C(=O)N3CCN(c4ccccc4Cl)CC3)c2)C(=O)CC1c1cccc(C)c1. The van der Waals surface area contributed by atoms with Crippen LogP contribution < -0.4 is 4.90 Å². The molecule has 7 nitrogen and oxygen atoms in total. The Morgan fingerprint density at radius 3 is 2.38 bits per heavy atom. The summed E-state index contributed by atoms with van der Waals surface area (Å²) in [5.74, 6) is -0.886. The molecule has 0 radical (unpaired) electrons. The van der Waals surface area contributed by atoms with Crippen LogP contribution in [0, 0.1) is 6.92 Å². The number of hydrogen-bond donors (Lipinski definition) is 0. The van der Waals surface area contributed by atoms with E-state index in [1.807, 2.05) is 84.6 Å². The molecule has 0 spiro atoms. The van der Waals surface area contributed by atoms with Crippen LogP contribution in [0.15, 0.2) is 84.1 Å².